The molecule has 150 valence electrons. The topological polar surface area (TPSA) is 92.1 Å². The molecule has 0 saturated carbocycles. The number of fused-ring (bicyclic) bond motifs is 1. The minimum absolute atomic E-state index is 0.0332. The summed E-state index contributed by atoms with van der Waals surface area (Å²) in [4.78, 5) is 31.9. The van der Waals surface area contributed by atoms with Crippen LogP contribution in [-0.2, 0) is 6.42 Å². The summed E-state index contributed by atoms with van der Waals surface area (Å²) in [6.07, 6.45) is 5.53. The van der Waals surface area contributed by atoms with Gasteiger partial charge in [-0.05, 0) is 50.2 Å². The molecular weight excluding hydrogens is 368 g/mol. The van der Waals surface area contributed by atoms with Crippen LogP contribution in [0.25, 0.3) is 10.9 Å². The average molecular weight is 392 g/mol. The molecule has 0 aliphatic carbocycles. The first-order valence-corrected chi connectivity index (χ1v) is 9.97. The number of nitrogens with zero attached hydrogens (tertiary/aromatic N) is 3. The standard InChI is InChI=1S/C22H24N4O3/c1-15-2-4-16(5-3-15)6-7-17-8-10-25(11-9-17)20-13-19-18(12-21(20)26(28)29)22(27)24-14-23-19/h2-5,12-14,17H,6-11H2,1H3,(H,23,24,27). The van der Waals surface area contributed by atoms with Crippen LogP contribution in [0.5, 0.6) is 0 Å². The number of anilines is 1. The Morgan fingerprint density at radius 1 is 1.21 bits per heavy atom. The van der Waals surface area contributed by atoms with Gasteiger partial charge in [0.05, 0.1) is 22.2 Å². The first-order valence-electron chi connectivity index (χ1n) is 9.97. The smallest absolute Gasteiger partial charge is 0.293 e. The molecule has 7 heteroatoms. The lowest BCUT2D eigenvalue weighted by Crippen LogP contribution is -2.34. The van der Waals surface area contributed by atoms with Crippen LogP contribution in [0.3, 0.4) is 0 Å². The van der Waals surface area contributed by atoms with Crippen LogP contribution in [0, 0.1) is 23.0 Å². The third kappa shape index (κ3) is 4.13. The van der Waals surface area contributed by atoms with E-state index in [0.717, 1.165) is 38.8 Å². The summed E-state index contributed by atoms with van der Waals surface area (Å²) in [5.74, 6) is 0.619. The number of hydrogen-bond acceptors (Lipinski definition) is 5. The fourth-order valence-electron chi connectivity index (χ4n) is 4.08. The summed E-state index contributed by atoms with van der Waals surface area (Å²) in [5, 5.41) is 11.9. The lowest BCUT2D eigenvalue weighted by Gasteiger charge is -2.33. The van der Waals surface area contributed by atoms with Gasteiger partial charge in [-0.15, -0.1) is 0 Å². The van der Waals surface area contributed by atoms with Crippen molar-refractivity contribution in [1.29, 1.82) is 0 Å². The van der Waals surface area contributed by atoms with Crippen molar-refractivity contribution in [1.82, 2.24) is 9.97 Å². The second-order valence-corrected chi connectivity index (χ2v) is 7.80. The highest BCUT2D eigenvalue weighted by atomic mass is 16.6. The van der Waals surface area contributed by atoms with Crippen molar-refractivity contribution in [2.75, 3.05) is 18.0 Å². The number of H-pyrrole nitrogens is 1. The molecular formula is C22H24N4O3. The number of nitrogens with one attached hydrogen (secondary N) is 1. The number of nitro groups is 1. The number of benzene rings is 2. The van der Waals surface area contributed by atoms with Crippen LogP contribution in [-0.4, -0.2) is 28.0 Å². The SMILES string of the molecule is Cc1ccc(CCC2CCN(c3cc4nc[nH]c(=O)c4cc3[N+](=O)[O-])CC2)cc1. The Hall–Kier alpha value is -3.22. The highest BCUT2D eigenvalue weighted by Crippen LogP contribution is 2.34. The maximum absolute atomic E-state index is 12.0. The van der Waals surface area contributed by atoms with E-state index in [0.29, 0.717) is 17.1 Å². The Kier molecular flexibility index (Phi) is 5.29. The highest BCUT2D eigenvalue weighted by molar-refractivity contribution is 5.87. The number of aromatic amines is 1. The van der Waals surface area contributed by atoms with E-state index in [9.17, 15) is 14.9 Å². The van der Waals surface area contributed by atoms with Gasteiger partial charge in [-0.1, -0.05) is 29.8 Å². The molecule has 2 aromatic carbocycles. The quantitative estimate of drug-likeness (QED) is 0.524. The van der Waals surface area contributed by atoms with E-state index in [-0.39, 0.29) is 16.6 Å². The molecule has 3 aromatic rings. The van der Waals surface area contributed by atoms with Crippen LogP contribution in [0.4, 0.5) is 11.4 Å². The monoisotopic (exact) mass is 392 g/mol. The van der Waals surface area contributed by atoms with Crippen LogP contribution < -0.4 is 10.5 Å². The zero-order chi connectivity index (χ0) is 20.4. The Morgan fingerprint density at radius 3 is 2.62 bits per heavy atom. The van der Waals surface area contributed by atoms with Crippen molar-refractivity contribution in [2.45, 2.75) is 32.6 Å². The van der Waals surface area contributed by atoms with Gasteiger partial charge in [-0.2, -0.15) is 0 Å². The van der Waals surface area contributed by atoms with Gasteiger partial charge in [0, 0.05) is 19.2 Å². The summed E-state index contributed by atoms with van der Waals surface area (Å²) in [6.45, 7) is 3.64. The number of piperidine rings is 1. The second kappa shape index (κ2) is 8.03. The molecule has 2 heterocycles. The van der Waals surface area contributed by atoms with E-state index in [1.54, 1.807) is 6.07 Å². The van der Waals surface area contributed by atoms with Gasteiger partial charge in [-0.25, -0.2) is 4.98 Å². The zero-order valence-corrected chi connectivity index (χ0v) is 16.4. The molecule has 0 spiro atoms. The first kappa shape index (κ1) is 19.1. The van der Waals surface area contributed by atoms with Crippen LogP contribution in [0.1, 0.15) is 30.4 Å². The van der Waals surface area contributed by atoms with Gasteiger partial charge in [0.15, 0.2) is 0 Å². The molecule has 0 radical (unpaired) electrons. The lowest BCUT2D eigenvalue weighted by molar-refractivity contribution is -0.384. The Balaban J connectivity index is 1.47. The molecule has 0 unspecified atom stereocenters. The van der Waals surface area contributed by atoms with Crippen molar-refractivity contribution in [3.8, 4) is 0 Å². The van der Waals surface area contributed by atoms with Crippen LogP contribution in [0.2, 0.25) is 0 Å². The third-order valence-corrected chi connectivity index (χ3v) is 5.85. The molecule has 1 fully saturated rings. The number of nitro benzene ring substituents is 1. The van der Waals surface area contributed by atoms with Crippen molar-refractivity contribution in [3.63, 3.8) is 0 Å². The van der Waals surface area contributed by atoms with Crippen LogP contribution >= 0.6 is 0 Å². The molecule has 1 aromatic heterocycles. The first-order chi connectivity index (χ1) is 14.0. The molecule has 0 atom stereocenters. The summed E-state index contributed by atoms with van der Waals surface area (Å²) >= 11 is 0. The number of aromatic nitrogens is 2. The molecule has 1 aliphatic heterocycles. The van der Waals surface area contributed by atoms with Gasteiger partial charge >= 0.3 is 0 Å². The van der Waals surface area contributed by atoms with Gasteiger partial charge in [0.2, 0.25) is 0 Å². The minimum Gasteiger partial charge on any atom is -0.366 e. The van der Waals surface area contributed by atoms with Crippen molar-refractivity contribution < 1.29 is 4.92 Å². The lowest BCUT2D eigenvalue weighted by atomic mass is 9.90. The summed E-state index contributed by atoms with van der Waals surface area (Å²) < 4.78 is 0. The fraction of sp³-hybridized carbons (Fsp3) is 0.364. The molecule has 1 aliphatic rings. The van der Waals surface area contributed by atoms with Crippen molar-refractivity contribution in [2.24, 2.45) is 5.92 Å². The van der Waals surface area contributed by atoms with E-state index in [4.69, 9.17) is 0 Å². The Morgan fingerprint density at radius 2 is 1.93 bits per heavy atom. The third-order valence-electron chi connectivity index (χ3n) is 5.85. The second-order valence-electron chi connectivity index (χ2n) is 7.80. The average Bonchev–Trinajstić information content (AvgIpc) is 2.73. The van der Waals surface area contributed by atoms with Gasteiger partial charge in [0.1, 0.15) is 5.69 Å². The molecule has 1 saturated heterocycles. The van der Waals surface area contributed by atoms with E-state index in [2.05, 4.69) is 46.1 Å². The number of rotatable bonds is 5. The summed E-state index contributed by atoms with van der Waals surface area (Å²) in [5.41, 5.74) is 3.28. The zero-order valence-electron chi connectivity index (χ0n) is 16.4. The largest absolute Gasteiger partial charge is 0.366 e. The van der Waals surface area contributed by atoms with Gasteiger partial charge in [-0.3, -0.25) is 14.9 Å². The normalized spacial score (nSPS) is 15.0. The Bertz CT molecular complexity index is 1080. The summed E-state index contributed by atoms with van der Waals surface area (Å²) in [7, 11) is 0. The molecule has 0 bridgehead atoms. The highest BCUT2D eigenvalue weighted by Gasteiger charge is 2.26. The van der Waals surface area contributed by atoms with Crippen LogP contribution in [0.15, 0.2) is 47.5 Å². The summed E-state index contributed by atoms with van der Waals surface area (Å²) in [6, 6.07) is 11.7. The maximum Gasteiger partial charge on any atom is 0.293 e. The van der Waals surface area contributed by atoms with E-state index in [1.807, 2.05) is 0 Å². The molecule has 0 amide bonds. The molecule has 4 rings (SSSR count). The predicted molar refractivity (Wildman–Crippen MR) is 113 cm³/mol. The van der Waals surface area contributed by atoms with E-state index < -0.39 is 4.92 Å². The minimum atomic E-state index is -0.412. The van der Waals surface area contributed by atoms with E-state index >= 15 is 0 Å². The fourth-order valence-corrected chi connectivity index (χ4v) is 4.08. The maximum atomic E-state index is 12.0. The Labute approximate surface area is 168 Å². The van der Waals surface area contributed by atoms with Gasteiger partial charge < -0.3 is 9.88 Å². The van der Waals surface area contributed by atoms with Crippen molar-refractivity contribution in [3.05, 3.63) is 74.3 Å². The molecule has 29 heavy (non-hydrogen) atoms. The molecule has 1 N–H and O–H groups in total. The van der Waals surface area contributed by atoms with Gasteiger partial charge in [0.25, 0.3) is 11.2 Å². The molecule has 7 nitrogen and oxygen atoms in total. The van der Waals surface area contributed by atoms with E-state index in [1.165, 1.54) is 23.5 Å². The van der Waals surface area contributed by atoms with Crippen molar-refractivity contribution >= 4 is 22.3 Å². The predicted octanol–water partition coefficient (Wildman–Crippen LogP) is 3.99. The number of aryl methyl sites for hydroxylation is 2. The number of hydrogen-bond donors (Lipinski definition) is 1.